The Morgan fingerprint density at radius 2 is 2.05 bits per heavy atom. The Labute approximate surface area is 127 Å². The third kappa shape index (κ3) is 4.71. The molecule has 0 fully saturated rings. The lowest BCUT2D eigenvalue weighted by Gasteiger charge is -2.06. The van der Waals surface area contributed by atoms with Gasteiger partial charge in [0.2, 0.25) is 5.91 Å². The van der Waals surface area contributed by atoms with Gasteiger partial charge in [-0.15, -0.1) is 0 Å². The topological polar surface area (TPSA) is 86.9 Å². The number of imide groups is 1. The molecule has 0 aliphatic heterocycles. The first-order valence-corrected chi connectivity index (χ1v) is 7.40. The molecule has 3 amide bonds. The zero-order chi connectivity index (χ0) is 14.4. The van der Waals surface area contributed by atoms with E-state index in [1.165, 1.54) is 11.8 Å². The number of imidazole rings is 1. The van der Waals surface area contributed by atoms with Crippen molar-refractivity contribution in [3.05, 3.63) is 41.1 Å². The van der Waals surface area contributed by atoms with Crippen LogP contribution in [0.4, 0.5) is 10.5 Å². The lowest BCUT2D eigenvalue weighted by molar-refractivity contribution is -0.117. The molecule has 0 saturated carbocycles. The minimum Gasteiger partial charge on any atom is -0.340 e. The normalized spacial score (nSPS) is 10.1. The second-order valence-corrected chi connectivity index (χ2v) is 5.57. The summed E-state index contributed by atoms with van der Waals surface area (Å²) in [4.78, 5) is 30.0. The highest BCUT2D eigenvalue weighted by atomic mass is 79.9. The van der Waals surface area contributed by atoms with Gasteiger partial charge in [-0.05, 0) is 24.3 Å². The van der Waals surface area contributed by atoms with E-state index < -0.39 is 6.03 Å². The number of aromatic amines is 1. The van der Waals surface area contributed by atoms with Crippen molar-refractivity contribution in [2.24, 2.45) is 0 Å². The van der Waals surface area contributed by atoms with E-state index in [9.17, 15) is 9.59 Å². The number of nitrogens with zero attached hydrogens (tertiary/aromatic N) is 1. The van der Waals surface area contributed by atoms with Crippen LogP contribution in [0.1, 0.15) is 0 Å². The second kappa shape index (κ2) is 7.11. The molecule has 0 saturated heterocycles. The van der Waals surface area contributed by atoms with Gasteiger partial charge in [0, 0.05) is 22.6 Å². The van der Waals surface area contributed by atoms with E-state index in [2.05, 4.69) is 36.5 Å². The van der Waals surface area contributed by atoms with Crippen LogP contribution in [0.2, 0.25) is 0 Å². The summed E-state index contributed by atoms with van der Waals surface area (Å²) in [5.74, 6) is -0.276. The Bertz CT molecular complexity index is 586. The van der Waals surface area contributed by atoms with Crippen LogP contribution in [0.5, 0.6) is 0 Å². The Hall–Kier alpha value is -1.80. The van der Waals surface area contributed by atoms with Crippen LogP contribution in [0.15, 0.2) is 46.3 Å². The second-order valence-electron chi connectivity index (χ2n) is 3.69. The molecule has 0 aliphatic carbocycles. The first-order valence-electron chi connectivity index (χ1n) is 5.62. The highest BCUT2D eigenvalue weighted by Crippen LogP contribution is 2.14. The molecule has 2 aromatic rings. The summed E-state index contributed by atoms with van der Waals surface area (Å²) in [7, 11) is 0. The Kier molecular flexibility index (Phi) is 5.19. The van der Waals surface area contributed by atoms with Crippen molar-refractivity contribution < 1.29 is 9.59 Å². The fourth-order valence-corrected chi connectivity index (χ4v) is 2.21. The third-order valence-electron chi connectivity index (χ3n) is 2.17. The maximum Gasteiger partial charge on any atom is 0.325 e. The Morgan fingerprint density at radius 3 is 2.70 bits per heavy atom. The molecule has 1 heterocycles. The van der Waals surface area contributed by atoms with Crippen LogP contribution in [0.25, 0.3) is 0 Å². The molecule has 2 rings (SSSR count). The summed E-state index contributed by atoms with van der Waals surface area (Å²) in [6.45, 7) is 0. The largest absolute Gasteiger partial charge is 0.340 e. The van der Waals surface area contributed by atoms with Crippen LogP contribution >= 0.6 is 27.7 Å². The molecular formula is C12H11BrN4O2S. The summed E-state index contributed by atoms with van der Waals surface area (Å²) >= 11 is 4.52. The minimum atomic E-state index is -0.558. The van der Waals surface area contributed by atoms with Crippen molar-refractivity contribution in [3.63, 3.8) is 0 Å². The minimum absolute atomic E-state index is 0.112. The summed E-state index contributed by atoms with van der Waals surface area (Å²) in [5, 5.41) is 5.44. The van der Waals surface area contributed by atoms with Gasteiger partial charge in [-0.1, -0.05) is 27.7 Å². The molecule has 104 valence electrons. The van der Waals surface area contributed by atoms with E-state index in [-0.39, 0.29) is 11.7 Å². The number of anilines is 1. The van der Waals surface area contributed by atoms with Gasteiger partial charge >= 0.3 is 6.03 Å². The van der Waals surface area contributed by atoms with Crippen LogP contribution < -0.4 is 10.6 Å². The molecule has 0 bridgehead atoms. The maximum atomic E-state index is 11.6. The quantitative estimate of drug-likeness (QED) is 0.736. The van der Waals surface area contributed by atoms with Crippen LogP contribution in [0, 0.1) is 0 Å². The van der Waals surface area contributed by atoms with Crippen molar-refractivity contribution in [2.75, 3.05) is 11.1 Å². The first-order chi connectivity index (χ1) is 9.63. The molecule has 0 unspecified atom stereocenters. The van der Waals surface area contributed by atoms with Crippen molar-refractivity contribution in [1.82, 2.24) is 15.3 Å². The fourth-order valence-electron chi connectivity index (χ4n) is 1.32. The van der Waals surface area contributed by atoms with Gasteiger partial charge in [-0.25, -0.2) is 9.78 Å². The number of benzene rings is 1. The lowest BCUT2D eigenvalue weighted by atomic mass is 10.3. The van der Waals surface area contributed by atoms with Crippen molar-refractivity contribution >= 4 is 45.3 Å². The number of thioether (sulfide) groups is 1. The highest BCUT2D eigenvalue weighted by Gasteiger charge is 2.09. The molecule has 1 aromatic heterocycles. The van der Waals surface area contributed by atoms with Crippen LogP contribution in [-0.4, -0.2) is 27.7 Å². The lowest BCUT2D eigenvalue weighted by Crippen LogP contribution is -2.35. The number of H-pyrrole nitrogens is 1. The predicted molar refractivity (Wildman–Crippen MR) is 80.6 cm³/mol. The smallest absolute Gasteiger partial charge is 0.325 e. The average Bonchev–Trinajstić information content (AvgIpc) is 2.92. The summed E-state index contributed by atoms with van der Waals surface area (Å²) < 4.78 is 0.911. The van der Waals surface area contributed by atoms with E-state index in [1.54, 1.807) is 36.7 Å². The fraction of sp³-hybridized carbons (Fsp3) is 0.0833. The number of urea groups is 1. The zero-order valence-electron chi connectivity index (χ0n) is 10.2. The van der Waals surface area contributed by atoms with E-state index in [1.807, 2.05) is 0 Å². The maximum absolute atomic E-state index is 11.6. The van der Waals surface area contributed by atoms with Crippen molar-refractivity contribution in [2.45, 2.75) is 5.16 Å². The van der Waals surface area contributed by atoms with Gasteiger partial charge in [-0.2, -0.15) is 0 Å². The molecule has 0 radical (unpaired) electrons. The standard InChI is InChI=1S/C12H11BrN4O2S/c13-8-1-3-9(4-2-8)16-11(19)17-10(18)7-20-12-14-5-6-15-12/h1-6H,7H2,(H,14,15)(H2,16,17,18,19). The number of rotatable bonds is 4. The van der Waals surface area contributed by atoms with Gasteiger partial charge in [0.05, 0.1) is 5.75 Å². The number of nitrogens with one attached hydrogen (secondary N) is 3. The van der Waals surface area contributed by atoms with E-state index >= 15 is 0 Å². The van der Waals surface area contributed by atoms with Crippen molar-refractivity contribution in [1.29, 1.82) is 0 Å². The van der Waals surface area contributed by atoms with Crippen molar-refractivity contribution in [3.8, 4) is 0 Å². The monoisotopic (exact) mass is 354 g/mol. The van der Waals surface area contributed by atoms with E-state index in [4.69, 9.17) is 0 Å². The molecule has 0 spiro atoms. The number of amides is 3. The van der Waals surface area contributed by atoms with Gasteiger partial charge in [-0.3, -0.25) is 10.1 Å². The Balaban J connectivity index is 1.76. The molecular weight excluding hydrogens is 344 g/mol. The third-order valence-corrected chi connectivity index (χ3v) is 3.60. The SMILES string of the molecule is O=C(CSc1ncc[nH]1)NC(=O)Nc1ccc(Br)cc1. The van der Waals surface area contributed by atoms with Crippen LogP contribution in [-0.2, 0) is 4.79 Å². The number of aromatic nitrogens is 2. The zero-order valence-corrected chi connectivity index (χ0v) is 12.6. The van der Waals surface area contributed by atoms with E-state index in [0.29, 0.717) is 10.8 Å². The number of carbonyl (C=O) groups excluding carboxylic acids is 2. The summed E-state index contributed by atoms with van der Waals surface area (Å²) in [6.07, 6.45) is 3.26. The Morgan fingerprint density at radius 1 is 1.30 bits per heavy atom. The average molecular weight is 355 g/mol. The molecule has 1 aromatic carbocycles. The number of halogens is 1. The molecule has 6 nitrogen and oxygen atoms in total. The molecule has 3 N–H and O–H groups in total. The predicted octanol–water partition coefficient (Wildman–Crippen LogP) is 2.61. The molecule has 0 aliphatic rings. The van der Waals surface area contributed by atoms with Crippen LogP contribution in [0.3, 0.4) is 0 Å². The number of hydrogen-bond acceptors (Lipinski definition) is 4. The summed E-state index contributed by atoms with van der Waals surface area (Å²) in [6, 6.07) is 6.49. The number of hydrogen-bond donors (Lipinski definition) is 3. The number of carbonyl (C=O) groups is 2. The van der Waals surface area contributed by atoms with Gasteiger partial charge in [0.25, 0.3) is 0 Å². The van der Waals surface area contributed by atoms with E-state index in [0.717, 1.165) is 4.47 Å². The highest BCUT2D eigenvalue weighted by molar-refractivity contribution is 9.10. The summed E-state index contributed by atoms with van der Waals surface area (Å²) in [5.41, 5.74) is 0.609. The van der Waals surface area contributed by atoms with Gasteiger partial charge in [0.15, 0.2) is 5.16 Å². The molecule has 8 heteroatoms. The van der Waals surface area contributed by atoms with Gasteiger partial charge < -0.3 is 10.3 Å². The first kappa shape index (κ1) is 14.6. The van der Waals surface area contributed by atoms with Gasteiger partial charge in [0.1, 0.15) is 0 Å². The molecule has 20 heavy (non-hydrogen) atoms. The molecule has 0 atom stereocenters.